The normalized spacial score (nSPS) is 22.8. The van der Waals surface area contributed by atoms with E-state index < -0.39 is 0 Å². The molecule has 1 amide bonds. The summed E-state index contributed by atoms with van der Waals surface area (Å²) >= 11 is 0. The molecule has 2 N–H and O–H groups in total. The second kappa shape index (κ2) is 7.14. The molecular weight excluding hydrogens is 286 g/mol. The van der Waals surface area contributed by atoms with Crippen LogP contribution >= 0.6 is 12.4 Å². The van der Waals surface area contributed by atoms with Gasteiger partial charge in [-0.1, -0.05) is 19.1 Å². The minimum absolute atomic E-state index is 0. The maximum absolute atomic E-state index is 12.1. The van der Waals surface area contributed by atoms with E-state index in [2.05, 4.69) is 27.7 Å². The zero-order chi connectivity index (χ0) is 13.9. The lowest BCUT2D eigenvalue weighted by atomic mass is 9.97. The number of nitrogens with zero attached hydrogens (tertiary/aromatic N) is 1. The van der Waals surface area contributed by atoms with Crippen LogP contribution in [0.1, 0.15) is 19.8 Å². The molecule has 0 aromatic heterocycles. The van der Waals surface area contributed by atoms with Crippen molar-refractivity contribution in [2.45, 2.75) is 19.8 Å². The van der Waals surface area contributed by atoms with Crippen LogP contribution in [-0.4, -0.2) is 32.1 Å². The Labute approximate surface area is 132 Å². The minimum atomic E-state index is 0. The number of para-hydroxylation sites is 2. The van der Waals surface area contributed by atoms with E-state index in [4.69, 9.17) is 0 Å². The summed E-state index contributed by atoms with van der Waals surface area (Å²) in [6.07, 6.45) is 2.46. The average Bonchev–Trinajstić information content (AvgIpc) is 2.58. The number of hydrogen-bond acceptors (Lipinski definition) is 3. The Bertz CT molecular complexity index is 488. The summed E-state index contributed by atoms with van der Waals surface area (Å²) in [5.74, 6) is 0.888. The van der Waals surface area contributed by atoms with Crippen LogP contribution in [0.4, 0.5) is 11.4 Å². The summed E-state index contributed by atoms with van der Waals surface area (Å²) < 4.78 is 0. The maximum atomic E-state index is 12.1. The lowest BCUT2D eigenvalue weighted by molar-refractivity contribution is -0.119. The Hall–Kier alpha value is -1.26. The largest absolute Gasteiger partial charge is 0.369 e. The molecule has 0 saturated carbocycles. The van der Waals surface area contributed by atoms with Crippen molar-refractivity contribution in [2.75, 3.05) is 36.4 Å². The highest BCUT2D eigenvalue weighted by Crippen LogP contribution is 2.31. The molecule has 21 heavy (non-hydrogen) atoms. The predicted molar refractivity (Wildman–Crippen MR) is 89.3 cm³/mol. The van der Waals surface area contributed by atoms with Crippen LogP contribution in [0.25, 0.3) is 0 Å². The zero-order valence-corrected chi connectivity index (χ0v) is 13.3. The number of hydrogen-bond donors (Lipinski definition) is 2. The van der Waals surface area contributed by atoms with Crippen LogP contribution in [0, 0.1) is 11.8 Å². The predicted octanol–water partition coefficient (Wildman–Crippen LogP) is 2.50. The molecule has 2 aliphatic rings. The van der Waals surface area contributed by atoms with Crippen LogP contribution in [-0.2, 0) is 4.79 Å². The topological polar surface area (TPSA) is 44.4 Å². The van der Waals surface area contributed by atoms with Crippen molar-refractivity contribution in [3.05, 3.63) is 24.3 Å². The smallest absolute Gasteiger partial charge is 0.229 e. The van der Waals surface area contributed by atoms with Gasteiger partial charge in [-0.25, -0.2) is 0 Å². The summed E-state index contributed by atoms with van der Waals surface area (Å²) in [5, 5.41) is 6.46. The summed E-state index contributed by atoms with van der Waals surface area (Å²) in [5.41, 5.74) is 2.12. The molecule has 0 bridgehead atoms. The second-order valence-electron chi connectivity index (χ2n) is 6.01. The summed E-state index contributed by atoms with van der Waals surface area (Å²) in [6.45, 7) is 6.11. The van der Waals surface area contributed by atoms with Crippen molar-refractivity contribution in [2.24, 2.45) is 11.8 Å². The Kier molecular flexibility index (Phi) is 5.48. The molecule has 1 saturated heterocycles. The molecule has 1 aromatic rings. The van der Waals surface area contributed by atoms with Gasteiger partial charge in [-0.15, -0.1) is 12.4 Å². The molecule has 0 aliphatic carbocycles. The number of carbonyl (C=O) groups excluding carboxylic acids is 1. The number of anilines is 2. The van der Waals surface area contributed by atoms with E-state index in [9.17, 15) is 4.79 Å². The van der Waals surface area contributed by atoms with Gasteiger partial charge in [0.2, 0.25) is 5.91 Å². The third-order valence-corrected chi connectivity index (χ3v) is 4.38. The van der Waals surface area contributed by atoms with Gasteiger partial charge in [-0.2, -0.15) is 0 Å². The Balaban J connectivity index is 0.00000161. The van der Waals surface area contributed by atoms with E-state index in [1.165, 1.54) is 18.5 Å². The fourth-order valence-electron chi connectivity index (χ4n) is 3.17. The second-order valence-corrected chi connectivity index (χ2v) is 6.01. The summed E-state index contributed by atoms with van der Waals surface area (Å²) in [6, 6.07) is 8.16. The summed E-state index contributed by atoms with van der Waals surface area (Å²) in [4.78, 5) is 14.5. The quantitative estimate of drug-likeness (QED) is 0.882. The van der Waals surface area contributed by atoms with Crippen LogP contribution in [0.3, 0.4) is 0 Å². The number of piperidine rings is 1. The SMILES string of the molecule is CC1CN(CC2CCNCC2)c2ccccc2NC1=O.Cl. The van der Waals surface area contributed by atoms with E-state index in [1.807, 2.05) is 19.1 Å². The molecule has 116 valence electrons. The van der Waals surface area contributed by atoms with E-state index in [0.29, 0.717) is 0 Å². The van der Waals surface area contributed by atoms with Crippen molar-refractivity contribution >= 4 is 29.7 Å². The van der Waals surface area contributed by atoms with Gasteiger partial charge in [-0.3, -0.25) is 4.79 Å². The van der Waals surface area contributed by atoms with Crippen molar-refractivity contribution < 1.29 is 4.79 Å². The van der Waals surface area contributed by atoms with E-state index in [0.717, 1.165) is 37.8 Å². The number of carbonyl (C=O) groups is 1. The fraction of sp³-hybridized carbons (Fsp3) is 0.562. The minimum Gasteiger partial charge on any atom is -0.369 e. The van der Waals surface area contributed by atoms with Gasteiger partial charge in [0, 0.05) is 13.1 Å². The first kappa shape index (κ1) is 16.1. The van der Waals surface area contributed by atoms with Crippen LogP contribution in [0.2, 0.25) is 0 Å². The van der Waals surface area contributed by atoms with E-state index in [1.54, 1.807) is 0 Å². The summed E-state index contributed by atoms with van der Waals surface area (Å²) in [7, 11) is 0. The average molecular weight is 310 g/mol. The standard InChI is InChI=1S/C16H23N3O.ClH/c1-12-10-19(11-13-6-8-17-9-7-13)15-5-3-2-4-14(15)18-16(12)20;/h2-5,12-13,17H,6-11H2,1H3,(H,18,20);1H. The van der Waals surface area contributed by atoms with Gasteiger partial charge in [-0.05, 0) is 44.0 Å². The Morgan fingerprint density at radius 1 is 1.24 bits per heavy atom. The zero-order valence-electron chi connectivity index (χ0n) is 12.5. The van der Waals surface area contributed by atoms with Gasteiger partial charge < -0.3 is 15.5 Å². The molecule has 1 atom stereocenters. The molecule has 1 aromatic carbocycles. The van der Waals surface area contributed by atoms with Crippen molar-refractivity contribution in [3.8, 4) is 0 Å². The highest BCUT2D eigenvalue weighted by atomic mass is 35.5. The fourth-order valence-corrected chi connectivity index (χ4v) is 3.17. The highest BCUT2D eigenvalue weighted by molar-refractivity contribution is 5.97. The van der Waals surface area contributed by atoms with Gasteiger partial charge in [0.25, 0.3) is 0 Å². The number of nitrogens with one attached hydrogen (secondary N) is 2. The molecule has 1 unspecified atom stereocenters. The third-order valence-electron chi connectivity index (χ3n) is 4.38. The Morgan fingerprint density at radius 2 is 1.95 bits per heavy atom. The third kappa shape index (κ3) is 3.69. The van der Waals surface area contributed by atoms with Gasteiger partial charge >= 0.3 is 0 Å². The van der Waals surface area contributed by atoms with Gasteiger partial charge in [0.05, 0.1) is 17.3 Å². The lowest BCUT2D eigenvalue weighted by Gasteiger charge is -2.32. The van der Waals surface area contributed by atoms with Gasteiger partial charge in [0.1, 0.15) is 0 Å². The first-order chi connectivity index (χ1) is 9.74. The van der Waals surface area contributed by atoms with Crippen molar-refractivity contribution in [3.63, 3.8) is 0 Å². The van der Waals surface area contributed by atoms with Crippen molar-refractivity contribution in [1.29, 1.82) is 0 Å². The van der Waals surface area contributed by atoms with E-state index in [-0.39, 0.29) is 24.2 Å². The van der Waals surface area contributed by atoms with Gasteiger partial charge in [0.15, 0.2) is 0 Å². The monoisotopic (exact) mass is 309 g/mol. The molecular formula is C16H24ClN3O. The molecule has 0 radical (unpaired) electrons. The number of amides is 1. The van der Waals surface area contributed by atoms with Crippen LogP contribution in [0.15, 0.2) is 24.3 Å². The number of rotatable bonds is 2. The van der Waals surface area contributed by atoms with Crippen LogP contribution in [0.5, 0.6) is 0 Å². The molecule has 0 spiro atoms. The number of benzene rings is 1. The Morgan fingerprint density at radius 3 is 2.71 bits per heavy atom. The van der Waals surface area contributed by atoms with E-state index >= 15 is 0 Å². The molecule has 1 fully saturated rings. The molecule has 3 rings (SSSR count). The number of fused-ring (bicyclic) bond motifs is 1. The number of halogens is 1. The first-order valence-electron chi connectivity index (χ1n) is 7.59. The van der Waals surface area contributed by atoms with Crippen LogP contribution < -0.4 is 15.5 Å². The molecule has 5 heteroatoms. The van der Waals surface area contributed by atoms with Crippen molar-refractivity contribution in [1.82, 2.24) is 5.32 Å². The maximum Gasteiger partial charge on any atom is 0.229 e. The molecule has 2 aliphatic heterocycles. The molecule has 2 heterocycles. The lowest BCUT2D eigenvalue weighted by Crippen LogP contribution is -2.38. The molecule has 4 nitrogen and oxygen atoms in total. The first-order valence-corrected chi connectivity index (χ1v) is 7.59. The highest BCUT2D eigenvalue weighted by Gasteiger charge is 2.26.